The lowest BCUT2D eigenvalue weighted by molar-refractivity contribution is 0.126. The molecular formula is C20H14ClN7O. The second kappa shape index (κ2) is 7.33. The van der Waals surface area contributed by atoms with Crippen molar-refractivity contribution in [2.45, 2.75) is 6.61 Å². The van der Waals surface area contributed by atoms with Gasteiger partial charge in [0.25, 0.3) is 0 Å². The average Bonchev–Trinajstić information content (AvgIpc) is 3.36. The van der Waals surface area contributed by atoms with Gasteiger partial charge in [-0.15, -0.1) is 5.10 Å². The lowest BCUT2D eigenvalue weighted by Gasteiger charge is -2.01. The van der Waals surface area contributed by atoms with Crippen LogP contribution in [0.1, 0.15) is 11.4 Å². The molecule has 5 rings (SSSR count). The Kier molecular flexibility index (Phi) is 4.38. The summed E-state index contributed by atoms with van der Waals surface area (Å²) < 4.78 is 3.38. The zero-order valence-corrected chi connectivity index (χ0v) is 15.8. The molecular weight excluding hydrogens is 390 g/mol. The number of oxime groups is 1. The van der Waals surface area contributed by atoms with Crippen LogP contribution in [0.25, 0.3) is 22.4 Å². The molecule has 0 amide bonds. The summed E-state index contributed by atoms with van der Waals surface area (Å²) in [5.41, 5.74) is 3.07. The van der Waals surface area contributed by atoms with Crippen molar-refractivity contribution < 1.29 is 4.84 Å². The van der Waals surface area contributed by atoms with Gasteiger partial charge in [0.15, 0.2) is 23.7 Å². The first-order valence-corrected chi connectivity index (χ1v) is 9.21. The molecule has 29 heavy (non-hydrogen) atoms. The van der Waals surface area contributed by atoms with E-state index < -0.39 is 0 Å². The van der Waals surface area contributed by atoms with Crippen LogP contribution in [0, 0.1) is 0 Å². The van der Waals surface area contributed by atoms with Gasteiger partial charge >= 0.3 is 0 Å². The Morgan fingerprint density at radius 1 is 1.03 bits per heavy atom. The molecule has 0 bridgehead atoms. The number of benzene rings is 2. The highest BCUT2D eigenvalue weighted by molar-refractivity contribution is 6.33. The second-order valence-electron chi connectivity index (χ2n) is 6.20. The Labute approximate surface area is 170 Å². The van der Waals surface area contributed by atoms with Crippen LogP contribution in [0.4, 0.5) is 0 Å². The molecule has 0 N–H and O–H groups in total. The number of para-hydroxylation sites is 1. The van der Waals surface area contributed by atoms with E-state index in [1.807, 2.05) is 48.5 Å². The largest absolute Gasteiger partial charge is 0.387 e. The van der Waals surface area contributed by atoms with Crippen LogP contribution in [0.15, 0.2) is 72.3 Å². The molecule has 0 aliphatic rings. The predicted molar refractivity (Wildman–Crippen MR) is 109 cm³/mol. The molecule has 3 aromatic heterocycles. The third-order valence-corrected chi connectivity index (χ3v) is 4.66. The van der Waals surface area contributed by atoms with Crippen LogP contribution in [0.3, 0.4) is 0 Å². The minimum Gasteiger partial charge on any atom is -0.387 e. The van der Waals surface area contributed by atoms with Crippen LogP contribution >= 0.6 is 11.6 Å². The van der Waals surface area contributed by atoms with E-state index >= 15 is 0 Å². The van der Waals surface area contributed by atoms with Crippen molar-refractivity contribution in [3.05, 3.63) is 83.5 Å². The van der Waals surface area contributed by atoms with Gasteiger partial charge in [-0.2, -0.15) is 5.10 Å². The number of hydrogen-bond donors (Lipinski definition) is 0. The van der Waals surface area contributed by atoms with Gasteiger partial charge in [0, 0.05) is 10.6 Å². The third-order valence-electron chi connectivity index (χ3n) is 4.32. The summed E-state index contributed by atoms with van der Waals surface area (Å²) in [4.78, 5) is 14.4. The fourth-order valence-electron chi connectivity index (χ4n) is 2.95. The summed E-state index contributed by atoms with van der Waals surface area (Å²) in [5, 5.41) is 14.2. The van der Waals surface area contributed by atoms with E-state index in [9.17, 15) is 0 Å². The van der Waals surface area contributed by atoms with Crippen molar-refractivity contribution in [3.8, 4) is 5.69 Å². The molecule has 142 valence electrons. The van der Waals surface area contributed by atoms with Gasteiger partial charge in [-0.3, -0.25) is 0 Å². The van der Waals surface area contributed by atoms with Crippen molar-refractivity contribution >= 4 is 34.5 Å². The molecule has 0 saturated carbocycles. The standard InChI is InChI=1S/C20H14ClN7O/c21-17-9-5-4-6-14(17)10-24-29-12-18-25-20-16-11-23-28(15-7-2-1-3-8-15)19(16)22-13-27(20)26-18/h1-11,13H,12H2. The molecule has 9 heteroatoms. The molecule has 2 aromatic carbocycles. The molecule has 0 fully saturated rings. The van der Waals surface area contributed by atoms with Crippen LogP contribution in [-0.4, -0.2) is 35.6 Å². The SMILES string of the molecule is Clc1ccccc1C=NOCc1nc2c3cnn(-c4ccccc4)c3ncn2n1. The molecule has 0 radical (unpaired) electrons. The third kappa shape index (κ3) is 3.30. The van der Waals surface area contributed by atoms with Gasteiger partial charge in [-0.25, -0.2) is 19.2 Å². The fourth-order valence-corrected chi connectivity index (χ4v) is 3.14. The quantitative estimate of drug-likeness (QED) is 0.330. The maximum Gasteiger partial charge on any atom is 0.192 e. The van der Waals surface area contributed by atoms with Gasteiger partial charge in [0.2, 0.25) is 0 Å². The van der Waals surface area contributed by atoms with E-state index in [-0.39, 0.29) is 6.61 Å². The Bertz CT molecular complexity index is 1330. The smallest absolute Gasteiger partial charge is 0.192 e. The zero-order valence-electron chi connectivity index (χ0n) is 15.1. The first-order valence-electron chi connectivity index (χ1n) is 8.83. The molecule has 0 spiro atoms. The lowest BCUT2D eigenvalue weighted by Crippen LogP contribution is -1.98. The van der Waals surface area contributed by atoms with Gasteiger partial charge in [0.05, 0.1) is 23.5 Å². The summed E-state index contributed by atoms with van der Waals surface area (Å²) >= 11 is 6.09. The normalized spacial score (nSPS) is 11.6. The van der Waals surface area contributed by atoms with Gasteiger partial charge in [-0.1, -0.05) is 53.2 Å². The van der Waals surface area contributed by atoms with Crippen LogP contribution in [0.5, 0.6) is 0 Å². The molecule has 0 aliphatic heterocycles. The number of halogens is 1. The van der Waals surface area contributed by atoms with Crippen molar-refractivity contribution in [3.63, 3.8) is 0 Å². The molecule has 5 aromatic rings. The number of rotatable bonds is 5. The van der Waals surface area contributed by atoms with E-state index in [1.54, 1.807) is 34.0 Å². The Hall–Kier alpha value is -3.78. The zero-order chi connectivity index (χ0) is 19.6. The summed E-state index contributed by atoms with van der Waals surface area (Å²) in [6.45, 7) is 0.122. The Morgan fingerprint density at radius 3 is 2.72 bits per heavy atom. The highest BCUT2D eigenvalue weighted by atomic mass is 35.5. The topological polar surface area (TPSA) is 82.5 Å². The maximum absolute atomic E-state index is 6.09. The van der Waals surface area contributed by atoms with E-state index in [2.05, 4.69) is 25.3 Å². The molecule has 0 saturated heterocycles. The van der Waals surface area contributed by atoms with Crippen molar-refractivity contribution in [1.29, 1.82) is 0 Å². The minimum absolute atomic E-state index is 0.122. The van der Waals surface area contributed by atoms with Crippen molar-refractivity contribution in [2.75, 3.05) is 0 Å². The van der Waals surface area contributed by atoms with Gasteiger partial charge < -0.3 is 4.84 Å². The van der Waals surface area contributed by atoms with Crippen LogP contribution < -0.4 is 0 Å². The molecule has 0 aliphatic carbocycles. The Morgan fingerprint density at radius 2 is 1.86 bits per heavy atom. The number of aromatic nitrogens is 6. The highest BCUT2D eigenvalue weighted by Crippen LogP contribution is 2.19. The summed E-state index contributed by atoms with van der Waals surface area (Å²) in [6.07, 6.45) is 4.91. The monoisotopic (exact) mass is 403 g/mol. The summed E-state index contributed by atoms with van der Waals surface area (Å²) in [7, 11) is 0. The second-order valence-corrected chi connectivity index (χ2v) is 6.61. The lowest BCUT2D eigenvalue weighted by atomic mass is 10.2. The van der Waals surface area contributed by atoms with Gasteiger partial charge in [0.1, 0.15) is 6.33 Å². The average molecular weight is 404 g/mol. The first-order chi connectivity index (χ1) is 14.3. The van der Waals surface area contributed by atoms with Crippen LogP contribution in [-0.2, 0) is 11.4 Å². The Balaban J connectivity index is 1.40. The van der Waals surface area contributed by atoms with Crippen LogP contribution in [0.2, 0.25) is 5.02 Å². The molecule has 8 nitrogen and oxygen atoms in total. The molecule has 0 atom stereocenters. The highest BCUT2D eigenvalue weighted by Gasteiger charge is 2.13. The maximum atomic E-state index is 6.09. The van der Waals surface area contributed by atoms with Gasteiger partial charge in [-0.05, 0) is 18.2 Å². The van der Waals surface area contributed by atoms with E-state index in [4.69, 9.17) is 16.4 Å². The number of fused-ring (bicyclic) bond motifs is 3. The minimum atomic E-state index is 0.122. The summed E-state index contributed by atoms with van der Waals surface area (Å²) in [5.74, 6) is 0.489. The van der Waals surface area contributed by atoms with Crippen molar-refractivity contribution in [1.82, 2.24) is 29.4 Å². The fraction of sp³-hybridized carbons (Fsp3) is 0.0500. The molecule has 0 unspecified atom stereocenters. The van der Waals surface area contributed by atoms with E-state index in [1.165, 1.54) is 0 Å². The molecule has 3 heterocycles. The predicted octanol–water partition coefficient (Wildman–Crippen LogP) is 3.67. The first kappa shape index (κ1) is 17.3. The van der Waals surface area contributed by atoms with Crippen molar-refractivity contribution in [2.24, 2.45) is 5.16 Å². The summed E-state index contributed by atoms with van der Waals surface area (Å²) in [6, 6.07) is 17.2. The van der Waals surface area contributed by atoms with E-state index in [0.29, 0.717) is 22.1 Å². The number of nitrogens with zero attached hydrogens (tertiary/aromatic N) is 7. The van der Waals surface area contributed by atoms with E-state index in [0.717, 1.165) is 16.6 Å². The number of hydrogen-bond acceptors (Lipinski definition) is 6.